The van der Waals surface area contributed by atoms with Crippen LogP contribution in [-0.4, -0.2) is 42.6 Å². The van der Waals surface area contributed by atoms with Crippen LogP contribution in [0.4, 0.5) is 5.82 Å². The van der Waals surface area contributed by atoms with Crippen molar-refractivity contribution in [1.29, 1.82) is 0 Å². The lowest BCUT2D eigenvalue weighted by atomic mass is 9.79. The van der Waals surface area contributed by atoms with Crippen LogP contribution in [0.15, 0.2) is 48.5 Å². The SMILES string of the molecule is CCOc1cc(OC)ccc1[C@@H]1c2nc(NC(C)C)ccc2[C@H](c2ccc3c(c2)OCO3)[C@H]1C(=O)O. The zero-order chi connectivity index (χ0) is 25.4. The van der Waals surface area contributed by atoms with Crippen LogP contribution in [0.3, 0.4) is 0 Å². The molecule has 0 saturated carbocycles. The van der Waals surface area contributed by atoms with E-state index in [4.69, 9.17) is 23.9 Å². The summed E-state index contributed by atoms with van der Waals surface area (Å²) in [5, 5.41) is 14.0. The smallest absolute Gasteiger partial charge is 0.308 e. The first-order valence-electron chi connectivity index (χ1n) is 12.1. The molecule has 2 N–H and O–H groups in total. The Morgan fingerprint density at radius 3 is 2.58 bits per heavy atom. The summed E-state index contributed by atoms with van der Waals surface area (Å²) in [5.74, 6) is 0.527. The molecule has 2 aromatic carbocycles. The number of anilines is 1. The van der Waals surface area contributed by atoms with Crippen LogP contribution in [0.2, 0.25) is 0 Å². The standard InChI is InChI=1S/C28H30N2O6/c1-5-34-21-13-17(33-4)7-8-18(21)25-26(28(31)32)24(16-6-10-20-22(12-16)36-14-35-20)19-9-11-23(29-15(2)3)30-27(19)25/h6-13,15,24-26H,5,14H2,1-4H3,(H,29,30)(H,31,32)/t24-,25-,26+/m0/s1. The number of benzene rings is 2. The fourth-order valence-electron chi connectivity index (χ4n) is 5.23. The Labute approximate surface area is 210 Å². The third-order valence-electron chi connectivity index (χ3n) is 6.64. The number of nitrogens with one attached hydrogen (secondary N) is 1. The summed E-state index contributed by atoms with van der Waals surface area (Å²) in [6.45, 7) is 6.57. The van der Waals surface area contributed by atoms with E-state index in [1.54, 1.807) is 7.11 Å². The van der Waals surface area contributed by atoms with Crippen LogP contribution >= 0.6 is 0 Å². The second kappa shape index (κ2) is 9.60. The van der Waals surface area contributed by atoms with Gasteiger partial charge in [0.1, 0.15) is 17.3 Å². The molecule has 8 heteroatoms. The number of carboxylic acids is 1. The van der Waals surface area contributed by atoms with Gasteiger partial charge in [-0.1, -0.05) is 18.2 Å². The summed E-state index contributed by atoms with van der Waals surface area (Å²) in [4.78, 5) is 17.9. The summed E-state index contributed by atoms with van der Waals surface area (Å²) in [6.07, 6.45) is 0. The van der Waals surface area contributed by atoms with Crippen molar-refractivity contribution in [3.63, 3.8) is 0 Å². The zero-order valence-electron chi connectivity index (χ0n) is 20.8. The molecule has 0 fully saturated rings. The Kier molecular flexibility index (Phi) is 6.35. The Bertz CT molecular complexity index is 1290. The minimum atomic E-state index is -0.905. The maximum atomic E-state index is 13.0. The average Bonchev–Trinajstić information content (AvgIpc) is 3.45. The van der Waals surface area contributed by atoms with Gasteiger partial charge in [0.2, 0.25) is 6.79 Å². The molecule has 2 heterocycles. The lowest BCUT2D eigenvalue weighted by molar-refractivity contribution is -0.142. The van der Waals surface area contributed by atoms with Gasteiger partial charge in [-0.15, -0.1) is 0 Å². The molecule has 1 aliphatic carbocycles. The molecular weight excluding hydrogens is 460 g/mol. The van der Waals surface area contributed by atoms with Gasteiger partial charge in [-0.25, -0.2) is 4.98 Å². The van der Waals surface area contributed by atoms with Gasteiger partial charge >= 0.3 is 5.97 Å². The van der Waals surface area contributed by atoms with Crippen molar-refractivity contribution in [2.75, 3.05) is 25.8 Å². The van der Waals surface area contributed by atoms with Crippen molar-refractivity contribution >= 4 is 11.8 Å². The summed E-state index contributed by atoms with van der Waals surface area (Å²) in [5.41, 5.74) is 3.21. The third kappa shape index (κ3) is 4.17. The van der Waals surface area contributed by atoms with Gasteiger partial charge in [-0.2, -0.15) is 0 Å². The highest BCUT2D eigenvalue weighted by atomic mass is 16.7. The highest BCUT2D eigenvalue weighted by Crippen LogP contribution is 2.55. The van der Waals surface area contributed by atoms with E-state index in [0.29, 0.717) is 35.4 Å². The molecule has 1 aliphatic heterocycles. The monoisotopic (exact) mass is 490 g/mol. The Hall–Kier alpha value is -3.94. The number of aliphatic carboxylic acids is 1. The van der Waals surface area contributed by atoms with E-state index in [0.717, 1.165) is 22.4 Å². The minimum Gasteiger partial charge on any atom is -0.497 e. The molecule has 3 aromatic rings. The molecule has 36 heavy (non-hydrogen) atoms. The van der Waals surface area contributed by atoms with E-state index >= 15 is 0 Å². The lowest BCUT2D eigenvalue weighted by Crippen LogP contribution is -2.24. The average molecular weight is 491 g/mol. The Balaban J connectivity index is 1.71. The molecule has 0 bridgehead atoms. The summed E-state index contributed by atoms with van der Waals surface area (Å²) in [6, 6.07) is 15.2. The molecule has 5 rings (SSSR count). The number of fused-ring (bicyclic) bond motifs is 2. The van der Waals surface area contributed by atoms with Gasteiger partial charge < -0.3 is 29.4 Å². The quantitative estimate of drug-likeness (QED) is 0.454. The molecule has 0 radical (unpaired) electrons. The zero-order valence-corrected chi connectivity index (χ0v) is 20.8. The first kappa shape index (κ1) is 23.8. The van der Waals surface area contributed by atoms with Crippen molar-refractivity contribution in [2.24, 2.45) is 5.92 Å². The number of rotatable bonds is 8. The van der Waals surface area contributed by atoms with Crippen molar-refractivity contribution in [2.45, 2.75) is 38.6 Å². The predicted molar refractivity (Wildman–Crippen MR) is 135 cm³/mol. The van der Waals surface area contributed by atoms with Crippen LogP contribution < -0.4 is 24.3 Å². The van der Waals surface area contributed by atoms with Gasteiger partial charge in [0.05, 0.1) is 25.3 Å². The number of aromatic nitrogens is 1. The second-order valence-corrected chi connectivity index (χ2v) is 9.24. The van der Waals surface area contributed by atoms with E-state index in [1.807, 2.05) is 69.3 Å². The Morgan fingerprint density at radius 1 is 1.08 bits per heavy atom. The van der Waals surface area contributed by atoms with Gasteiger partial charge in [-0.05, 0) is 56.2 Å². The number of nitrogens with zero attached hydrogens (tertiary/aromatic N) is 1. The normalized spacial score (nSPS) is 19.8. The van der Waals surface area contributed by atoms with E-state index in [-0.39, 0.29) is 12.8 Å². The largest absolute Gasteiger partial charge is 0.497 e. The molecule has 8 nitrogen and oxygen atoms in total. The number of methoxy groups -OCH3 is 1. The Morgan fingerprint density at radius 2 is 1.86 bits per heavy atom. The van der Waals surface area contributed by atoms with Crippen LogP contribution in [0.25, 0.3) is 0 Å². The molecule has 0 saturated heterocycles. The van der Waals surface area contributed by atoms with Crippen molar-refractivity contribution in [3.8, 4) is 23.0 Å². The fourth-order valence-corrected chi connectivity index (χ4v) is 5.23. The van der Waals surface area contributed by atoms with Crippen LogP contribution in [0, 0.1) is 5.92 Å². The number of carbonyl (C=O) groups is 1. The number of carboxylic acid groups (broad SMARTS) is 1. The van der Waals surface area contributed by atoms with Crippen molar-refractivity contribution in [3.05, 3.63) is 70.9 Å². The van der Waals surface area contributed by atoms with Crippen molar-refractivity contribution < 1.29 is 28.8 Å². The topological polar surface area (TPSA) is 99.1 Å². The molecule has 0 spiro atoms. The molecule has 0 amide bonds. The first-order valence-corrected chi connectivity index (χ1v) is 12.1. The molecule has 2 aliphatic rings. The highest BCUT2D eigenvalue weighted by Gasteiger charge is 2.49. The van der Waals surface area contributed by atoms with Crippen LogP contribution in [-0.2, 0) is 4.79 Å². The van der Waals surface area contributed by atoms with E-state index in [9.17, 15) is 9.90 Å². The third-order valence-corrected chi connectivity index (χ3v) is 6.64. The predicted octanol–water partition coefficient (Wildman–Crippen LogP) is 5.02. The molecule has 1 aromatic heterocycles. The van der Waals surface area contributed by atoms with Gasteiger partial charge in [0, 0.05) is 29.5 Å². The number of pyridine rings is 1. The maximum absolute atomic E-state index is 13.0. The van der Waals surface area contributed by atoms with Crippen LogP contribution in [0.1, 0.15) is 55.0 Å². The molecule has 3 atom stereocenters. The number of hydrogen-bond acceptors (Lipinski definition) is 7. The summed E-state index contributed by atoms with van der Waals surface area (Å²) < 4.78 is 22.5. The lowest BCUT2D eigenvalue weighted by Gasteiger charge is -2.24. The molecule has 188 valence electrons. The minimum absolute atomic E-state index is 0.153. The van der Waals surface area contributed by atoms with E-state index in [1.165, 1.54) is 0 Å². The van der Waals surface area contributed by atoms with Gasteiger partial charge in [0.15, 0.2) is 11.5 Å². The van der Waals surface area contributed by atoms with E-state index < -0.39 is 23.7 Å². The van der Waals surface area contributed by atoms with E-state index in [2.05, 4.69) is 5.32 Å². The second-order valence-electron chi connectivity index (χ2n) is 9.24. The highest BCUT2D eigenvalue weighted by molar-refractivity contribution is 5.78. The van der Waals surface area contributed by atoms with Gasteiger partial charge in [0.25, 0.3) is 0 Å². The first-order chi connectivity index (χ1) is 17.4. The summed E-state index contributed by atoms with van der Waals surface area (Å²) in [7, 11) is 1.59. The maximum Gasteiger partial charge on any atom is 0.308 e. The fraction of sp³-hybridized carbons (Fsp3) is 0.357. The number of ether oxygens (including phenoxy) is 4. The number of hydrogen-bond donors (Lipinski definition) is 2. The van der Waals surface area contributed by atoms with Gasteiger partial charge in [-0.3, -0.25) is 4.79 Å². The molecular formula is C28H30N2O6. The van der Waals surface area contributed by atoms with Crippen LogP contribution in [0.5, 0.6) is 23.0 Å². The van der Waals surface area contributed by atoms with Crippen molar-refractivity contribution in [1.82, 2.24) is 4.98 Å². The molecule has 0 unspecified atom stereocenters. The summed E-state index contributed by atoms with van der Waals surface area (Å²) >= 11 is 0.